The second kappa shape index (κ2) is 5.55. The molecule has 112 valence electrons. The second-order valence-electron chi connectivity index (χ2n) is 5.04. The van der Waals surface area contributed by atoms with E-state index < -0.39 is 10.0 Å². The van der Waals surface area contributed by atoms with Gasteiger partial charge in [0, 0.05) is 14.1 Å². The number of hydrogen-bond donors (Lipinski definition) is 1. The first kappa shape index (κ1) is 15.0. The van der Waals surface area contributed by atoms with Gasteiger partial charge in [0.05, 0.1) is 12.6 Å². The van der Waals surface area contributed by atoms with Crippen LogP contribution in [0.1, 0.15) is 18.6 Å². The van der Waals surface area contributed by atoms with E-state index in [-0.39, 0.29) is 17.0 Å². The zero-order valence-corrected chi connectivity index (χ0v) is 12.4. The smallest absolute Gasteiger partial charge is 0.275 e. The Balaban J connectivity index is 2.13. The van der Waals surface area contributed by atoms with Crippen molar-refractivity contribution < 1.29 is 17.6 Å². The molecule has 0 aromatic carbocycles. The number of nitrogens with two attached hydrogens (primary N) is 1. The molecule has 0 aliphatic carbocycles. The van der Waals surface area contributed by atoms with Crippen molar-refractivity contribution in [2.24, 2.45) is 5.73 Å². The van der Waals surface area contributed by atoms with Gasteiger partial charge in [-0.25, -0.2) is 12.7 Å². The Labute approximate surface area is 118 Å². The maximum atomic E-state index is 11.9. The second-order valence-corrected chi connectivity index (χ2v) is 7.12. The number of nitrogens with zero attached hydrogens (tertiary/aromatic N) is 2. The van der Waals surface area contributed by atoms with Crippen molar-refractivity contribution in [3.63, 3.8) is 0 Å². The van der Waals surface area contributed by atoms with E-state index in [2.05, 4.69) is 0 Å². The first-order valence-electron chi connectivity index (χ1n) is 6.37. The summed E-state index contributed by atoms with van der Waals surface area (Å²) in [5.74, 6) is 0.161. The van der Waals surface area contributed by atoms with E-state index in [4.69, 9.17) is 10.2 Å². The number of likely N-dealkylation sites (tertiary alicyclic amines) is 1. The monoisotopic (exact) mass is 301 g/mol. The molecular weight excluding hydrogens is 282 g/mol. The van der Waals surface area contributed by atoms with E-state index in [0.29, 0.717) is 12.3 Å². The molecule has 1 atom stereocenters. The molecule has 2 heterocycles. The third-order valence-electron chi connectivity index (χ3n) is 3.42. The van der Waals surface area contributed by atoms with Gasteiger partial charge in [0.2, 0.25) is 11.0 Å². The van der Waals surface area contributed by atoms with Crippen LogP contribution in [0.25, 0.3) is 0 Å². The maximum Gasteiger partial charge on any atom is 0.275 e. The fourth-order valence-corrected chi connectivity index (χ4v) is 3.11. The number of furan rings is 1. The molecule has 7 nitrogen and oxygen atoms in total. The first-order chi connectivity index (χ1) is 9.32. The van der Waals surface area contributed by atoms with Gasteiger partial charge in [0.25, 0.3) is 10.0 Å². The summed E-state index contributed by atoms with van der Waals surface area (Å²) in [7, 11) is -0.672. The van der Waals surface area contributed by atoms with Crippen LogP contribution < -0.4 is 5.73 Å². The van der Waals surface area contributed by atoms with Crippen molar-refractivity contribution in [3.05, 3.63) is 17.9 Å². The highest BCUT2D eigenvalue weighted by atomic mass is 32.2. The molecule has 1 saturated heterocycles. The molecule has 1 aliphatic rings. The quantitative estimate of drug-likeness (QED) is 0.824. The van der Waals surface area contributed by atoms with Gasteiger partial charge < -0.3 is 10.2 Å². The van der Waals surface area contributed by atoms with Crippen molar-refractivity contribution in [1.82, 2.24) is 9.21 Å². The number of hydrogen-bond acceptors (Lipinski definition) is 5. The third-order valence-corrected chi connectivity index (χ3v) is 5.11. The van der Waals surface area contributed by atoms with Gasteiger partial charge in [-0.1, -0.05) is 0 Å². The average Bonchev–Trinajstić information content (AvgIpc) is 2.98. The summed E-state index contributed by atoms with van der Waals surface area (Å²) in [6.07, 6.45) is 1.63. The lowest BCUT2D eigenvalue weighted by atomic mass is 10.2. The predicted molar refractivity (Wildman–Crippen MR) is 72.2 cm³/mol. The van der Waals surface area contributed by atoms with E-state index in [1.54, 1.807) is 6.07 Å². The van der Waals surface area contributed by atoms with Crippen LogP contribution in [0, 0.1) is 0 Å². The summed E-state index contributed by atoms with van der Waals surface area (Å²) in [4.78, 5) is 13.2. The normalized spacial score (nSPS) is 20.6. The van der Waals surface area contributed by atoms with Crippen LogP contribution in [0.2, 0.25) is 0 Å². The Hall–Kier alpha value is -1.38. The first-order valence-corrected chi connectivity index (χ1v) is 7.81. The minimum Gasteiger partial charge on any atom is -0.447 e. The fourth-order valence-electron chi connectivity index (χ4n) is 2.30. The molecule has 0 spiro atoms. The molecule has 8 heteroatoms. The summed E-state index contributed by atoms with van der Waals surface area (Å²) in [5, 5.41) is -0.0904. The van der Waals surface area contributed by atoms with Crippen LogP contribution in [0.15, 0.2) is 21.6 Å². The van der Waals surface area contributed by atoms with E-state index in [1.165, 1.54) is 20.2 Å². The minimum absolute atomic E-state index is 0.0904. The van der Waals surface area contributed by atoms with Crippen LogP contribution in [-0.2, 0) is 21.4 Å². The third kappa shape index (κ3) is 2.87. The molecule has 2 rings (SSSR count). The molecule has 1 amide bonds. The number of primary amides is 1. The summed E-state index contributed by atoms with van der Waals surface area (Å²) in [5.41, 5.74) is 5.34. The molecule has 20 heavy (non-hydrogen) atoms. The highest BCUT2D eigenvalue weighted by molar-refractivity contribution is 7.88. The van der Waals surface area contributed by atoms with Crippen molar-refractivity contribution in [2.45, 2.75) is 30.5 Å². The summed E-state index contributed by atoms with van der Waals surface area (Å²) < 4.78 is 30.3. The Morgan fingerprint density at radius 3 is 2.80 bits per heavy atom. The Kier molecular flexibility index (Phi) is 4.17. The van der Waals surface area contributed by atoms with Crippen LogP contribution >= 0.6 is 0 Å². The van der Waals surface area contributed by atoms with Crippen LogP contribution in [0.5, 0.6) is 0 Å². The SMILES string of the molecule is CN(C)S(=O)(=O)c1ccc(CN2CCC[C@H]2C(N)=O)o1. The van der Waals surface area contributed by atoms with Crippen LogP contribution in [0.3, 0.4) is 0 Å². The number of sulfonamides is 1. The number of carbonyl (C=O) groups is 1. The van der Waals surface area contributed by atoms with Crippen molar-refractivity contribution in [3.8, 4) is 0 Å². The molecule has 1 aromatic rings. The predicted octanol–water partition coefficient (Wildman–Crippen LogP) is -0.0204. The molecule has 1 fully saturated rings. The number of carbonyl (C=O) groups excluding carboxylic acids is 1. The minimum atomic E-state index is -3.56. The molecule has 0 bridgehead atoms. The molecule has 1 aromatic heterocycles. The lowest BCUT2D eigenvalue weighted by Crippen LogP contribution is -2.39. The van der Waals surface area contributed by atoms with E-state index >= 15 is 0 Å². The van der Waals surface area contributed by atoms with Crippen molar-refractivity contribution >= 4 is 15.9 Å². The topological polar surface area (TPSA) is 96.9 Å². The Bertz CT molecular complexity index is 594. The number of amides is 1. The Morgan fingerprint density at radius 2 is 2.20 bits per heavy atom. The maximum absolute atomic E-state index is 11.9. The lowest BCUT2D eigenvalue weighted by molar-refractivity contribution is -0.122. The molecular formula is C12H19N3O4S. The number of rotatable bonds is 5. The summed E-state index contributed by atoms with van der Waals surface area (Å²) in [6.45, 7) is 1.14. The molecule has 0 saturated carbocycles. The zero-order chi connectivity index (χ0) is 14.9. The molecule has 0 unspecified atom stereocenters. The van der Waals surface area contributed by atoms with Crippen LogP contribution in [-0.4, -0.2) is 50.2 Å². The van der Waals surface area contributed by atoms with Crippen molar-refractivity contribution in [1.29, 1.82) is 0 Å². The van der Waals surface area contributed by atoms with E-state index in [1.807, 2.05) is 4.90 Å². The van der Waals surface area contributed by atoms with Crippen molar-refractivity contribution in [2.75, 3.05) is 20.6 Å². The van der Waals surface area contributed by atoms with Gasteiger partial charge in [-0.15, -0.1) is 0 Å². The van der Waals surface area contributed by atoms with Crippen LogP contribution in [0.4, 0.5) is 0 Å². The summed E-state index contributed by atoms with van der Waals surface area (Å²) >= 11 is 0. The highest BCUT2D eigenvalue weighted by Crippen LogP contribution is 2.22. The standard InChI is InChI=1S/C12H19N3O4S/c1-14(2)20(17,18)11-6-5-9(19-11)8-15-7-3-4-10(15)12(13)16/h5-6,10H,3-4,7-8H2,1-2H3,(H2,13,16)/t10-/m0/s1. The van der Waals surface area contributed by atoms with Gasteiger partial charge in [-0.2, -0.15) is 0 Å². The van der Waals surface area contributed by atoms with Gasteiger partial charge in [0.15, 0.2) is 0 Å². The largest absolute Gasteiger partial charge is 0.447 e. The van der Waals surface area contributed by atoms with E-state index in [0.717, 1.165) is 23.7 Å². The molecule has 0 radical (unpaired) electrons. The molecule has 1 aliphatic heterocycles. The van der Waals surface area contributed by atoms with Gasteiger partial charge in [-0.05, 0) is 31.5 Å². The Morgan fingerprint density at radius 1 is 1.50 bits per heavy atom. The summed E-state index contributed by atoms with van der Waals surface area (Å²) in [6, 6.07) is 2.75. The molecule has 2 N–H and O–H groups in total. The fraction of sp³-hybridized carbons (Fsp3) is 0.583. The van der Waals surface area contributed by atoms with E-state index in [9.17, 15) is 13.2 Å². The van der Waals surface area contributed by atoms with Gasteiger partial charge in [0.1, 0.15) is 5.76 Å². The zero-order valence-electron chi connectivity index (χ0n) is 11.6. The van der Waals surface area contributed by atoms with Gasteiger partial charge >= 0.3 is 0 Å². The van der Waals surface area contributed by atoms with Gasteiger partial charge in [-0.3, -0.25) is 9.69 Å². The highest BCUT2D eigenvalue weighted by Gasteiger charge is 2.30. The lowest BCUT2D eigenvalue weighted by Gasteiger charge is -2.20. The average molecular weight is 301 g/mol.